The van der Waals surface area contributed by atoms with E-state index >= 15 is 0 Å². The summed E-state index contributed by atoms with van der Waals surface area (Å²) >= 11 is 7.91. The zero-order valence-electron chi connectivity index (χ0n) is 57.0. The number of nitrogens with zero attached hydrogens (tertiary/aromatic N) is 5. The van der Waals surface area contributed by atoms with Crippen molar-refractivity contribution >= 4 is 52.3 Å². The second-order valence-corrected chi connectivity index (χ2v) is 24.6. The van der Waals surface area contributed by atoms with Gasteiger partial charge in [-0.25, -0.2) is 4.79 Å². The van der Waals surface area contributed by atoms with E-state index in [4.69, 9.17) is 78.2 Å². The second kappa shape index (κ2) is 38.9. The van der Waals surface area contributed by atoms with Crippen molar-refractivity contribution in [2.75, 3.05) is 141 Å². The summed E-state index contributed by atoms with van der Waals surface area (Å²) in [4.78, 5) is 63.2. The number of carbonyl (C=O) groups is 4. The lowest BCUT2D eigenvalue weighted by Crippen LogP contribution is -2.50. The average molecular weight is 1380 g/mol. The van der Waals surface area contributed by atoms with E-state index in [0.29, 0.717) is 168 Å². The number of likely N-dealkylation sites (tertiary alicyclic amines) is 1. The van der Waals surface area contributed by atoms with Crippen molar-refractivity contribution in [3.05, 3.63) is 134 Å². The van der Waals surface area contributed by atoms with Crippen molar-refractivity contribution in [1.82, 2.24) is 30.3 Å². The van der Waals surface area contributed by atoms with Gasteiger partial charge in [0.15, 0.2) is 35.4 Å². The number of hydrogen-bond acceptors (Lipinski definition) is 21. The number of nitrogens with one attached hydrogen (secondary N) is 2. The molecule has 2 N–H and O–H groups in total. The zero-order valence-corrected chi connectivity index (χ0v) is 58.6. The second-order valence-electron chi connectivity index (χ2n) is 23.0. The molecule has 4 aromatic carbocycles. The highest BCUT2D eigenvalue weighted by molar-refractivity contribution is 7.15. The standard InChI is InChI=1S/C71H92ClN7O17S/c1-10-55(52-42-61(86-7)67(88-9)62(43-52)87-8)69(82)78-27-12-11-16-57(78)71(83)96-58(23-17-49-18-24-59(84-5)60(40-49)85-6)51-14-13-15-54(41-51)95-45-64(81)74-26-29-90-31-33-92-35-37-94-39-38-93-36-34-91-32-30-89-28-25-73-63(80)44-56-68-77-76-48(4)79(68)70-65(46(2)47(3)97-70)66(75-56)50-19-21-53(72)22-20-50/h13-15,18-22,24,40-43,55-58H,10-12,16-17,23,25-39,44-45H2,1-9H3,(H,73,80)(H,74,81)/t55-,56-,57-,58+/m0/s1. The summed E-state index contributed by atoms with van der Waals surface area (Å²) < 4.78 is 76.0. The lowest BCUT2D eigenvalue weighted by Gasteiger charge is -2.37. The van der Waals surface area contributed by atoms with Crippen molar-refractivity contribution in [2.24, 2.45) is 4.99 Å². The molecule has 3 amide bonds. The molecule has 24 nitrogen and oxygen atoms in total. The predicted molar refractivity (Wildman–Crippen MR) is 366 cm³/mol. The van der Waals surface area contributed by atoms with E-state index in [0.717, 1.165) is 51.6 Å². The van der Waals surface area contributed by atoms with Crippen LogP contribution in [-0.2, 0) is 58.8 Å². The summed E-state index contributed by atoms with van der Waals surface area (Å²) in [5.41, 5.74) is 6.11. The molecule has 0 saturated carbocycles. The van der Waals surface area contributed by atoms with Crippen molar-refractivity contribution in [3.8, 4) is 39.5 Å². The third kappa shape index (κ3) is 21.1. The van der Waals surface area contributed by atoms with Gasteiger partial charge in [0.05, 0.1) is 133 Å². The molecule has 4 atom stereocenters. The van der Waals surface area contributed by atoms with Crippen molar-refractivity contribution in [3.63, 3.8) is 0 Å². The van der Waals surface area contributed by atoms with E-state index in [-0.39, 0.29) is 43.9 Å². The van der Waals surface area contributed by atoms with Gasteiger partial charge in [0, 0.05) is 40.7 Å². The predicted octanol–water partition coefficient (Wildman–Crippen LogP) is 9.44. The fourth-order valence-electron chi connectivity index (χ4n) is 11.5. The molecule has 0 bridgehead atoms. The van der Waals surface area contributed by atoms with Crippen LogP contribution in [0.25, 0.3) is 5.00 Å². The molecule has 0 spiro atoms. The Morgan fingerprint density at radius 3 is 1.87 bits per heavy atom. The van der Waals surface area contributed by atoms with Gasteiger partial charge in [-0.2, -0.15) is 0 Å². The van der Waals surface area contributed by atoms with E-state index in [1.54, 1.807) is 60.8 Å². The Labute approximate surface area is 576 Å². The van der Waals surface area contributed by atoms with Crippen LogP contribution in [0.15, 0.2) is 83.9 Å². The number of hydrogen-bond donors (Lipinski definition) is 2. The van der Waals surface area contributed by atoms with Gasteiger partial charge >= 0.3 is 5.97 Å². The number of ether oxygens (including phenoxy) is 13. The number of fused-ring (bicyclic) bond motifs is 3. The normalized spacial score (nSPS) is 14.9. The molecular formula is C71H92ClN7O17S. The Morgan fingerprint density at radius 2 is 1.27 bits per heavy atom. The number of thiophene rings is 1. The molecule has 97 heavy (non-hydrogen) atoms. The Bertz CT molecular complexity index is 3520. The molecule has 0 aliphatic carbocycles. The number of carbonyl (C=O) groups excluding carboxylic acids is 4. The Hall–Kier alpha value is -7.88. The average Bonchev–Trinajstić information content (AvgIpc) is 1.60. The lowest BCUT2D eigenvalue weighted by atomic mass is 9.91. The quantitative estimate of drug-likeness (QED) is 0.0267. The summed E-state index contributed by atoms with van der Waals surface area (Å²) in [5, 5.41) is 16.2. The molecule has 26 heteroatoms. The van der Waals surface area contributed by atoms with Crippen LogP contribution in [-0.4, -0.2) is 196 Å². The number of halogens is 1. The van der Waals surface area contributed by atoms with Gasteiger partial charge in [-0.3, -0.25) is 23.9 Å². The van der Waals surface area contributed by atoms with Gasteiger partial charge in [-0.15, -0.1) is 21.5 Å². The molecule has 4 heterocycles. The van der Waals surface area contributed by atoms with E-state index in [1.807, 2.05) is 66.9 Å². The highest BCUT2D eigenvalue weighted by atomic mass is 35.5. The Kier molecular flexibility index (Phi) is 30.0. The summed E-state index contributed by atoms with van der Waals surface area (Å²) in [6, 6.07) is 22.6. The molecule has 2 aliphatic heterocycles. The smallest absolute Gasteiger partial charge is 0.329 e. The van der Waals surface area contributed by atoms with Crippen LogP contribution in [0.2, 0.25) is 5.02 Å². The van der Waals surface area contributed by atoms with Crippen LogP contribution in [0, 0.1) is 20.8 Å². The molecule has 2 aromatic heterocycles. The molecule has 1 fully saturated rings. The van der Waals surface area contributed by atoms with Crippen LogP contribution < -0.4 is 39.1 Å². The van der Waals surface area contributed by atoms with Crippen LogP contribution in [0.1, 0.15) is 113 Å². The largest absolute Gasteiger partial charge is 0.493 e. The van der Waals surface area contributed by atoms with E-state index < -0.39 is 30.1 Å². The zero-order chi connectivity index (χ0) is 69.1. The van der Waals surface area contributed by atoms with Gasteiger partial charge in [-0.1, -0.05) is 48.9 Å². The number of benzene rings is 4. The van der Waals surface area contributed by atoms with Gasteiger partial charge < -0.3 is 77.1 Å². The highest BCUT2D eigenvalue weighted by Crippen LogP contribution is 2.43. The van der Waals surface area contributed by atoms with E-state index in [1.165, 1.54) is 26.2 Å². The Morgan fingerprint density at radius 1 is 0.660 bits per heavy atom. The van der Waals surface area contributed by atoms with E-state index in [9.17, 15) is 19.2 Å². The minimum absolute atomic E-state index is 0.0872. The number of amides is 3. The maximum atomic E-state index is 14.6. The maximum absolute atomic E-state index is 14.6. The number of aliphatic imine (C=N–C) groups is 1. The number of rotatable bonds is 41. The number of aromatic nitrogens is 3. The van der Waals surface area contributed by atoms with Gasteiger partial charge in [0.25, 0.3) is 5.91 Å². The van der Waals surface area contributed by atoms with E-state index in [2.05, 4.69) is 34.7 Å². The monoisotopic (exact) mass is 1380 g/mol. The molecule has 2 aliphatic rings. The summed E-state index contributed by atoms with van der Waals surface area (Å²) in [6.45, 7) is 13.1. The van der Waals surface area contributed by atoms with Crippen molar-refractivity contribution < 1.29 is 80.8 Å². The number of piperidine rings is 1. The number of aryl methyl sites for hydroxylation is 3. The molecule has 0 unspecified atom stereocenters. The lowest BCUT2D eigenvalue weighted by molar-refractivity contribution is -0.162. The molecule has 6 aromatic rings. The first-order valence-electron chi connectivity index (χ1n) is 32.8. The first-order chi connectivity index (χ1) is 47.2. The first-order valence-corrected chi connectivity index (χ1v) is 34.0. The van der Waals surface area contributed by atoms with Gasteiger partial charge in [0.1, 0.15) is 34.8 Å². The highest BCUT2D eigenvalue weighted by Gasteiger charge is 2.39. The molecular weight excluding hydrogens is 1290 g/mol. The summed E-state index contributed by atoms with van der Waals surface area (Å²) in [6.07, 6.45) is 2.62. The maximum Gasteiger partial charge on any atom is 0.329 e. The SMILES string of the molecule is CC[C@H](C(=O)N1CCCC[C@H]1C(=O)O[C@H](CCc1ccc(OC)c(OC)c1)c1cccc(OCC(=O)NCCOCCOCCOCCOCCOCCOCCNC(=O)C[C@@H]2N=C(c3ccc(Cl)cc3)c3c(sc(C)c3C)-n3c(C)nnc32)c1)c1cc(OC)c(OC)c(OC)c1. The van der Waals surface area contributed by atoms with Gasteiger partial charge in [0.2, 0.25) is 17.6 Å². The molecule has 526 valence electrons. The third-order valence-corrected chi connectivity index (χ3v) is 18.0. The van der Waals surface area contributed by atoms with Crippen molar-refractivity contribution in [1.29, 1.82) is 0 Å². The van der Waals surface area contributed by atoms with Crippen molar-refractivity contribution in [2.45, 2.75) is 96.7 Å². The fraction of sp³-hybridized carbons (Fsp3) is 0.507. The summed E-state index contributed by atoms with van der Waals surface area (Å²) in [5.74, 6) is 2.39. The molecule has 1 saturated heterocycles. The van der Waals surface area contributed by atoms with Crippen LogP contribution in [0.3, 0.4) is 0 Å². The number of esters is 1. The topological polar surface area (TPSA) is 259 Å². The summed E-state index contributed by atoms with van der Waals surface area (Å²) in [7, 11) is 7.73. The minimum atomic E-state index is -0.819. The van der Waals surface area contributed by atoms with Gasteiger partial charge in [-0.05, 0) is 130 Å². The Balaban J connectivity index is 0.667. The molecule has 8 rings (SSSR count). The van der Waals surface area contributed by atoms with Crippen LogP contribution >= 0.6 is 22.9 Å². The first kappa shape index (κ1) is 74.9. The van der Waals surface area contributed by atoms with Crippen LogP contribution in [0.5, 0.6) is 34.5 Å². The fourth-order valence-corrected chi connectivity index (χ4v) is 12.8. The third-order valence-electron chi connectivity index (χ3n) is 16.6. The minimum Gasteiger partial charge on any atom is -0.493 e. The van der Waals surface area contributed by atoms with Crippen LogP contribution in [0.4, 0.5) is 0 Å². The number of methoxy groups -OCH3 is 5. The molecule has 0 radical (unpaired) electrons.